The Balaban J connectivity index is 1.56. The summed E-state index contributed by atoms with van der Waals surface area (Å²) in [5.41, 5.74) is 3.19. The van der Waals surface area contributed by atoms with E-state index in [1.807, 2.05) is 24.0 Å². The number of fused-ring (bicyclic) bond motifs is 1. The Morgan fingerprint density at radius 3 is 1.80 bits per heavy atom. The molecule has 15 nitrogen and oxygen atoms in total. The highest BCUT2D eigenvalue weighted by molar-refractivity contribution is 5.87. The van der Waals surface area contributed by atoms with Gasteiger partial charge >= 0.3 is 17.9 Å². The third-order valence-corrected chi connectivity index (χ3v) is 7.85. The summed E-state index contributed by atoms with van der Waals surface area (Å²) in [6.45, 7) is 5.47. The van der Waals surface area contributed by atoms with Crippen LogP contribution in [0.2, 0.25) is 0 Å². The molecule has 45 heavy (non-hydrogen) atoms. The molecule has 2 heterocycles. The summed E-state index contributed by atoms with van der Waals surface area (Å²) in [5.74, 6) is -3.79. The fourth-order valence-corrected chi connectivity index (χ4v) is 5.31. The first-order valence-corrected chi connectivity index (χ1v) is 15.1. The number of carbonyl (C=O) groups is 5. The zero-order chi connectivity index (χ0) is 32.9. The number of aromatic amines is 1. The van der Waals surface area contributed by atoms with E-state index >= 15 is 0 Å². The number of aromatic nitrogens is 1. The zero-order valence-corrected chi connectivity index (χ0v) is 26.0. The quantitative estimate of drug-likeness (QED) is 0.160. The van der Waals surface area contributed by atoms with Crippen LogP contribution in [-0.4, -0.2) is 161 Å². The van der Waals surface area contributed by atoms with Crippen LogP contribution in [0.25, 0.3) is 10.9 Å². The van der Waals surface area contributed by atoms with E-state index in [-0.39, 0.29) is 77.3 Å². The monoisotopic (exact) mass is 631 g/mol. The molecule has 248 valence electrons. The van der Waals surface area contributed by atoms with E-state index in [2.05, 4.69) is 27.8 Å². The Kier molecular flexibility index (Phi) is 13.7. The van der Waals surface area contributed by atoms with E-state index < -0.39 is 23.9 Å². The third-order valence-electron chi connectivity index (χ3n) is 7.85. The number of carboxylic acid groups (broad SMARTS) is 3. The number of rotatable bonds is 13. The van der Waals surface area contributed by atoms with Crippen LogP contribution in [0.3, 0.4) is 0 Å². The van der Waals surface area contributed by atoms with Crippen LogP contribution in [0.5, 0.6) is 0 Å². The van der Waals surface area contributed by atoms with Gasteiger partial charge in [0.2, 0.25) is 11.8 Å². The molecule has 1 aromatic heterocycles. The van der Waals surface area contributed by atoms with Gasteiger partial charge in [-0.2, -0.15) is 0 Å². The van der Waals surface area contributed by atoms with E-state index in [9.17, 15) is 39.3 Å². The van der Waals surface area contributed by atoms with Gasteiger partial charge in [-0.25, -0.2) is 0 Å². The van der Waals surface area contributed by atoms with Gasteiger partial charge in [-0.1, -0.05) is 11.6 Å². The molecule has 3 rings (SSSR count). The maximum absolute atomic E-state index is 13.1. The number of nitrogens with zero attached hydrogens (tertiary/aromatic N) is 4. The molecule has 2 aromatic rings. The normalized spacial score (nSPS) is 17.2. The van der Waals surface area contributed by atoms with Crippen molar-refractivity contribution in [2.45, 2.75) is 26.3 Å². The molecule has 1 fully saturated rings. The van der Waals surface area contributed by atoms with Crippen molar-refractivity contribution < 1.29 is 39.3 Å². The molecule has 1 aliphatic heterocycles. The summed E-state index contributed by atoms with van der Waals surface area (Å²) in [6, 6.07) is 7.51. The van der Waals surface area contributed by atoms with Crippen LogP contribution in [-0.2, 0) is 30.4 Å². The Labute approximate surface area is 262 Å². The lowest BCUT2D eigenvalue weighted by Crippen LogP contribution is -2.53. The minimum Gasteiger partial charge on any atom is -0.480 e. The van der Waals surface area contributed by atoms with Crippen molar-refractivity contribution in [3.8, 4) is 0 Å². The van der Waals surface area contributed by atoms with Crippen molar-refractivity contribution >= 4 is 40.6 Å². The molecular formula is C30H45N7O8. The molecule has 0 spiro atoms. The number of hydrogen-bond donors (Lipinski definition) is 6. The summed E-state index contributed by atoms with van der Waals surface area (Å²) >= 11 is 0. The predicted octanol–water partition coefficient (Wildman–Crippen LogP) is -0.885. The van der Waals surface area contributed by atoms with Crippen molar-refractivity contribution in [2.75, 3.05) is 85.1 Å². The summed E-state index contributed by atoms with van der Waals surface area (Å²) in [7, 11) is 0. The number of amides is 2. The fraction of sp³-hybridized carbons (Fsp3) is 0.567. The molecule has 0 radical (unpaired) electrons. The van der Waals surface area contributed by atoms with Crippen LogP contribution >= 0.6 is 0 Å². The van der Waals surface area contributed by atoms with Crippen LogP contribution in [0, 0.1) is 6.92 Å². The number of aryl methyl sites for hydroxylation is 1. The molecule has 0 bridgehead atoms. The number of nitrogens with one attached hydrogen (secondary N) is 3. The maximum Gasteiger partial charge on any atom is 0.317 e. The summed E-state index contributed by atoms with van der Waals surface area (Å²) in [4.78, 5) is 70.1. The lowest BCUT2D eigenvalue weighted by molar-refractivity contribution is -0.140. The molecule has 1 aromatic carbocycles. The molecule has 0 saturated carbocycles. The average molecular weight is 632 g/mol. The minimum absolute atomic E-state index is 0.210. The lowest BCUT2D eigenvalue weighted by atomic mass is 10.2. The van der Waals surface area contributed by atoms with Crippen LogP contribution in [0.15, 0.2) is 24.3 Å². The van der Waals surface area contributed by atoms with Crippen molar-refractivity contribution in [1.29, 1.82) is 0 Å². The van der Waals surface area contributed by atoms with E-state index in [0.717, 1.165) is 16.6 Å². The second kappa shape index (κ2) is 17.4. The Hall–Kier alpha value is -4.05. The topological polar surface area (TPSA) is 199 Å². The van der Waals surface area contributed by atoms with Crippen LogP contribution in [0.4, 0.5) is 0 Å². The second-order valence-electron chi connectivity index (χ2n) is 11.4. The number of benzene rings is 1. The van der Waals surface area contributed by atoms with Gasteiger partial charge in [-0.15, -0.1) is 0 Å². The number of hydrogen-bond acceptors (Lipinski definition) is 9. The molecule has 1 saturated heterocycles. The predicted molar refractivity (Wildman–Crippen MR) is 166 cm³/mol. The highest BCUT2D eigenvalue weighted by Crippen LogP contribution is 2.17. The largest absolute Gasteiger partial charge is 0.480 e. The molecule has 1 atom stereocenters. The van der Waals surface area contributed by atoms with Crippen LogP contribution in [0.1, 0.15) is 18.2 Å². The minimum atomic E-state index is -1.03. The average Bonchev–Trinajstić information content (AvgIpc) is 3.36. The van der Waals surface area contributed by atoms with Gasteiger partial charge in [-0.3, -0.25) is 43.6 Å². The number of carboxylic acids is 3. The molecule has 0 aliphatic carbocycles. The smallest absolute Gasteiger partial charge is 0.317 e. The van der Waals surface area contributed by atoms with Crippen molar-refractivity contribution in [1.82, 2.24) is 35.2 Å². The Bertz CT molecular complexity index is 1300. The molecule has 1 unspecified atom stereocenters. The maximum atomic E-state index is 13.1. The van der Waals surface area contributed by atoms with Crippen LogP contribution < -0.4 is 10.6 Å². The van der Waals surface area contributed by atoms with Crippen molar-refractivity contribution in [3.05, 3.63) is 35.5 Å². The molecular weight excluding hydrogens is 586 g/mol. The molecule has 6 N–H and O–H groups in total. The molecule has 2 amide bonds. The van der Waals surface area contributed by atoms with E-state index in [0.29, 0.717) is 26.1 Å². The first-order chi connectivity index (χ1) is 21.4. The highest BCUT2D eigenvalue weighted by atomic mass is 16.4. The Morgan fingerprint density at radius 1 is 0.778 bits per heavy atom. The third kappa shape index (κ3) is 12.5. The van der Waals surface area contributed by atoms with Gasteiger partial charge in [0.25, 0.3) is 0 Å². The SMILES string of the molecule is Cc1ccc2[nH]c(CCNC(=O)CNC(=O)C(C)N3CCN(CC(=O)O)CCN(CC(=O)O)CCN(CC(=O)O)CC3)cc2c1. The Morgan fingerprint density at radius 2 is 1.29 bits per heavy atom. The van der Waals surface area contributed by atoms with Gasteiger partial charge in [0.15, 0.2) is 0 Å². The van der Waals surface area contributed by atoms with Gasteiger partial charge < -0.3 is 30.9 Å². The summed E-state index contributed by atoms with van der Waals surface area (Å²) in [6.07, 6.45) is 0.603. The number of carbonyl (C=O) groups excluding carboxylic acids is 2. The number of H-pyrrole nitrogens is 1. The fourth-order valence-electron chi connectivity index (χ4n) is 5.31. The lowest BCUT2D eigenvalue weighted by Gasteiger charge is -2.35. The molecule has 1 aliphatic rings. The highest BCUT2D eigenvalue weighted by Gasteiger charge is 2.25. The standard InChI is InChI=1S/C30H45N7O8/c1-21-3-4-25-23(15-21)16-24(33-25)5-6-31-26(38)17-32-30(45)22(2)37-13-11-35(19-28(41)42)9-7-34(18-27(39)40)8-10-36(12-14-37)20-29(43)44/h3-4,15-16,22,33H,5-14,17-20H2,1-2H3,(H,31,38)(H,32,45)(H,39,40)(H,41,42)(H,43,44). The van der Waals surface area contributed by atoms with E-state index in [4.69, 9.17) is 0 Å². The number of aliphatic carboxylic acids is 3. The second-order valence-corrected chi connectivity index (χ2v) is 11.4. The van der Waals surface area contributed by atoms with Gasteiger partial charge in [0.05, 0.1) is 32.2 Å². The summed E-state index contributed by atoms with van der Waals surface area (Å²) < 4.78 is 0. The van der Waals surface area contributed by atoms with Crippen molar-refractivity contribution in [2.24, 2.45) is 0 Å². The van der Waals surface area contributed by atoms with E-state index in [1.54, 1.807) is 21.6 Å². The van der Waals surface area contributed by atoms with Gasteiger partial charge in [0, 0.05) is 76.5 Å². The summed E-state index contributed by atoms with van der Waals surface area (Å²) in [5, 5.41) is 34.7. The zero-order valence-electron chi connectivity index (χ0n) is 26.0. The first kappa shape index (κ1) is 35.4. The first-order valence-electron chi connectivity index (χ1n) is 15.1. The van der Waals surface area contributed by atoms with Gasteiger partial charge in [-0.05, 0) is 37.4 Å². The van der Waals surface area contributed by atoms with Gasteiger partial charge in [0.1, 0.15) is 0 Å². The van der Waals surface area contributed by atoms with Crippen molar-refractivity contribution in [3.63, 3.8) is 0 Å². The molecule has 15 heteroatoms. The van der Waals surface area contributed by atoms with E-state index in [1.165, 1.54) is 5.56 Å².